The molecule has 0 saturated heterocycles. The Hall–Kier alpha value is -2.10. The van der Waals surface area contributed by atoms with Gasteiger partial charge in [0.05, 0.1) is 12.8 Å². The van der Waals surface area contributed by atoms with Crippen LogP contribution in [0.25, 0.3) is 0 Å². The van der Waals surface area contributed by atoms with E-state index in [-0.39, 0.29) is 17.6 Å². The molecule has 2 atom stereocenters. The molecule has 3 rings (SSSR count). The number of Topliss-reactive ketones (excluding diaryl/α,β-unsaturated/α-hetero) is 1. The lowest BCUT2D eigenvalue weighted by atomic mass is 9.74. The number of ether oxygens (including phenoxy) is 1. The Morgan fingerprint density at radius 3 is 2.80 bits per heavy atom. The van der Waals surface area contributed by atoms with Crippen LogP contribution in [0, 0.1) is 12.8 Å². The van der Waals surface area contributed by atoms with Crippen molar-refractivity contribution in [1.82, 2.24) is 5.16 Å². The van der Waals surface area contributed by atoms with E-state index < -0.39 is 0 Å². The van der Waals surface area contributed by atoms with Crippen LogP contribution < -0.4 is 4.74 Å². The Bertz CT molecular complexity index is 659. The lowest BCUT2D eigenvalue weighted by Crippen LogP contribution is -2.23. The molecule has 0 saturated carbocycles. The third-order valence-electron chi connectivity index (χ3n) is 3.93. The first kappa shape index (κ1) is 12.9. The van der Waals surface area contributed by atoms with Gasteiger partial charge in [-0.1, -0.05) is 18.1 Å². The lowest BCUT2D eigenvalue weighted by Gasteiger charge is -2.28. The molecule has 1 aliphatic rings. The predicted octanol–water partition coefficient (Wildman–Crippen LogP) is 3.35. The van der Waals surface area contributed by atoms with Gasteiger partial charge in [0.2, 0.25) is 0 Å². The van der Waals surface area contributed by atoms with Crippen LogP contribution in [0.1, 0.15) is 46.6 Å². The number of hydrogen-bond donors (Lipinski definition) is 0. The molecule has 1 aromatic heterocycles. The van der Waals surface area contributed by atoms with Crippen molar-refractivity contribution in [3.63, 3.8) is 0 Å². The van der Waals surface area contributed by atoms with E-state index in [1.54, 1.807) is 7.11 Å². The van der Waals surface area contributed by atoms with Crippen molar-refractivity contribution in [2.24, 2.45) is 5.92 Å². The fourth-order valence-corrected chi connectivity index (χ4v) is 2.97. The molecular weight excluding hydrogens is 254 g/mol. The van der Waals surface area contributed by atoms with Gasteiger partial charge in [-0.2, -0.15) is 0 Å². The molecule has 2 unspecified atom stereocenters. The second-order valence-electron chi connectivity index (χ2n) is 5.41. The van der Waals surface area contributed by atoms with Crippen molar-refractivity contribution in [2.45, 2.75) is 26.2 Å². The fraction of sp³-hybridized carbons (Fsp3) is 0.375. The highest BCUT2D eigenvalue weighted by Crippen LogP contribution is 2.41. The molecule has 2 aromatic rings. The summed E-state index contributed by atoms with van der Waals surface area (Å²) in [5, 5.41) is 3.97. The van der Waals surface area contributed by atoms with E-state index in [0.717, 1.165) is 22.6 Å². The van der Waals surface area contributed by atoms with Crippen LogP contribution in [-0.4, -0.2) is 18.0 Å². The number of rotatable bonds is 2. The molecule has 4 heteroatoms. The summed E-state index contributed by atoms with van der Waals surface area (Å²) in [6.07, 6.45) is 0.518. The van der Waals surface area contributed by atoms with Crippen molar-refractivity contribution in [1.29, 1.82) is 0 Å². The van der Waals surface area contributed by atoms with Crippen LogP contribution in [0.2, 0.25) is 0 Å². The molecular formula is C16H17NO3. The third-order valence-corrected chi connectivity index (χ3v) is 3.93. The maximum Gasteiger partial charge on any atom is 0.163 e. The molecule has 0 amide bonds. The van der Waals surface area contributed by atoms with E-state index in [2.05, 4.69) is 12.1 Å². The summed E-state index contributed by atoms with van der Waals surface area (Å²) >= 11 is 0. The first-order valence-corrected chi connectivity index (χ1v) is 6.74. The van der Waals surface area contributed by atoms with Gasteiger partial charge in [-0.3, -0.25) is 4.79 Å². The highest BCUT2D eigenvalue weighted by molar-refractivity contribution is 5.99. The summed E-state index contributed by atoms with van der Waals surface area (Å²) in [6.45, 7) is 3.98. The number of aryl methyl sites for hydroxylation is 1. The topological polar surface area (TPSA) is 52.3 Å². The zero-order valence-corrected chi connectivity index (χ0v) is 11.8. The third kappa shape index (κ3) is 2.01. The highest BCUT2D eigenvalue weighted by Gasteiger charge is 2.35. The normalized spacial score (nSPS) is 21.6. The Morgan fingerprint density at radius 1 is 1.35 bits per heavy atom. The fourth-order valence-electron chi connectivity index (χ4n) is 2.97. The molecule has 1 aromatic carbocycles. The van der Waals surface area contributed by atoms with E-state index in [4.69, 9.17) is 9.26 Å². The van der Waals surface area contributed by atoms with E-state index in [1.807, 2.05) is 31.2 Å². The number of fused-ring (bicyclic) bond motifs is 1. The smallest absolute Gasteiger partial charge is 0.163 e. The molecule has 0 N–H and O–H groups in total. The number of nitrogens with zero attached hydrogens (tertiary/aromatic N) is 1. The summed E-state index contributed by atoms with van der Waals surface area (Å²) in [7, 11) is 1.61. The maximum atomic E-state index is 12.2. The van der Waals surface area contributed by atoms with Gasteiger partial charge in [0.15, 0.2) is 5.78 Å². The first-order valence-electron chi connectivity index (χ1n) is 6.74. The molecule has 0 bridgehead atoms. The second-order valence-corrected chi connectivity index (χ2v) is 5.41. The SMILES string of the molecule is COc1ccc2c(c1)C(=O)CC(C)C2c1cc(C)no1. The Labute approximate surface area is 117 Å². The number of aromatic nitrogens is 1. The van der Waals surface area contributed by atoms with Crippen molar-refractivity contribution in [2.75, 3.05) is 7.11 Å². The van der Waals surface area contributed by atoms with Crippen LogP contribution in [0.15, 0.2) is 28.8 Å². The van der Waals surface area contributed by atoms with E-state index in [1.165, 1.54) is 0 Å². The van der Waals surface area contributed by atoms with E-state index in [9.17, 15) is 4.79 Å². The molecule has 0 aliphatic heterocycles. The molecule has 0 radical (unpaired) electrons. The van der Waals surface area contributed by atoms with E-state index in [0.29, 0.717) is 12.2 Å². The Morgan fingerprint density at radius 2 is 2.15 bits per heavy atom. The van der Waals surface area contributed by atoms with Crippen molar-refractivity contribution >= 4 is 5.78 Å². The summed E-state index contributed by atoms with van der Waals surface area (Å²) in [5.74, 6) is 1.98. The minimum atomic E-state index is 0.0785. The van der Waals surface area contributed by atoms with Gasteiger partial charge >= 0.3 is 0 Å². The van der Waals surface area contributed by atoms with Gasteiger partial charge in [-0.05, 0) is 30.5 Å². The molecule has 1 heterocycles. The summed E-state index contributed by atoms with van der Waals surface area (Å²) < 4.78 is 10.6. The minimum Gasteiger partial charge on any atom is -0.497 e. The molecule has 1 aliphatic carbocycles. The standard InChI is InChI=1S/C16H17NO3/c1-9-6-14(18)13-8-11(19-3)4-5-12(13)16(9)15-7-10(2)17-20-15/h4-5,7-9,16H,6H2,1-3H3. The Kier molecular flexibility index (Phi) is 3.08. The summed E-state index contributed by atoms with van der Waals surface area (Å²) in [4.78, 5) is 12.2. The average molecular weight is 271 g/mol. The predicted molar refractivity (Wildman–Crippen MR) is 74.2 cm³/mol. The van der Waals surface area contributed by atoms with Crippen molar-refractivity contribution in [3.8, 4) is 5.75 Å². The average Bonchev–Trinajstić information content (AvgIpc) is 2.85. The molecule has 104 valence electrons. The molecule has 4 nitrogen and oxygen atoms in total. The number of hydrogen-bond acceptors (Lipinski definition) is 4. The lowest BCUT2D eigenvalue weighted by molar-refractivity contribution is 0.0943. The maximum absolute atomic E-state index is 12.2. The second kappa shape index (κ2) is 4.78. The number of carbonyl (C=O) groups excluding carboxylic acids is 1. The van der Waals surface area contributed by atoms with Gasteiger partial charge in [0.25, 0.3) is 0 Å². The number of benzene rings is 1. The monoisotopic (exact) mass is 271 g/mol. The van der Waals surface area contributed by atoms with Crippen molar-refractivity contribution in [3.05, 3.63) is 46.8 Å². The van der Waals surface area contributed by atoms with Crippen LogP contribution >= 0.6 is 0 Å². The number of ketones is 1. The zero-order chi connectivity index (χ0) is 14.3. The van der Waals surface area contributed by atoms with Gasteiger partial charge in [-0.25, -0.2) is 0 Å². The quantitative estimate of drug-likeness (QED) is 0.840. The van der Waals surface area contributed by atoms with Crippen LogP contribution in [0.3, 0.4) is 0 Å². The Balaban J connectivity index is 2.13. The molecule has 20 heavy (non-hydrogen) atoms. The van der Waals surface area contributed by atoms with Crippen molar-refractivity contribution < 1.29 is 14.1 Å². The van der Waals surface area contributed by atoms with Crippen LogP contribution in [0.4, 0.5) is 0 Å². The molecule has 0 fully saturated rings. The largest absolute Gasteiger partial charge is 0.497 e. The summed E-state index contributed by atoms with van der Waals surface area (Å²) in [6, 6.07) is 7.62. The van der Waals surface area contributed by atoms with Gasteiger partial charge in [-0.15, -0.1) is 0 Å². The first-order chi connectivity index (χ1) is 9.60. The zero-order valence-electron chi connectivity index (χ0n) is 11.8. The van der Waals surface area contributed by atoms with Crippen LogP contribution in [-0.2, 0) is 0 Å². The van der Waals surface area contributed by atoms with Gasteiger partial charge in [0.1, 0.15) is 11.5 Å². The highest BCUT2D eigenvalue weighted by atomic mass is 16.5. The minimum absolute atomic E-state index is 0.0785. The number of methoxy groups -OCH3 is 1. The molecule has 0 spiro atoms. The van der Waals surface area contributed by atoms with Gasteiger partial charge in [0, 0.05) is 24.0 Å². The van der Waals surface area contributed by atoms with Crippen LogP contribution in [0.5, 0.6) is 5.75 Å². The summed E-state index contributed by atoms with van der Waals surface area (Å²) in [5.41, 5.74) is 2.60. The van der Waals surface area contributed by atoms with E-state index >= 15 is 0 Å². The van der Waals surface area contributed by atoms with Gasteiger partial charge < -0.3 is 9.26 Å². The number of carbonyl (C=O) groups is 1.